The Balaban J connectivity index is 1.78. The fourth-order valence-corrected chi connectivity index (χ4v) is 6.55. The highest BCUT2D eigenvalue weighted by Gasteiger charge is 2.29. The molecule has 22 heavy (non-hydrogen) atoms. The van der Waals surface area contributed by atoms with Gasteiger partial charge in [-0.3, -0.25) is 0 Å². The third-order valence-corrected chi connectivity index (χ3v) is 7.99. The van der Waals surface area contributed by atoms with Crippen LogP contribution in [0.4, 0.5) is 0 Å². The summed E-state index contributed by atoms with van der Waals surface area (Å²) in [5.74, 6) is 1.13. The molecule has 1 saturated heterocycles. The Hall–Kier alpha value is -0.140. The Kier molecular flexibility index (Phi) is 6.30. The van der Waals surface area contributed by atoms with E-state index in [4.69, 9.17) is 0 Å². The maximum atomic E-state index is 12.4. The topological polar surface area (TPSA) is 71.5 Å². The van der Waals surface area contributed by atoms with Crippen LogP contribution < -0.4 is 0 Å². The highest BCUT2D eigenvalue weighted by molar-refractivity contribution is 7.90. The van der Waals surface area contributed by atoms with E-state index in [-0.39, 0.29) is 17.4 Å². The van der Waals surface area contributed by atoms with Crippen LogP contribution in [0, 0.1) is 11.8 Å². The summed E-state index contributed by atoms with van der Waals surface area (Å²) >= 11 is 0. The third kappa shape index (κ3) is 5.81. The minimum Gasteiger partial charge on any atom is -0.229 e. The van der Waals surface area contributed by atoms with E-state index < -0.39 is 19.9 Å². The van der Waals surface area contributed by atoms with E-state index in [1.807, 2.05) is 0 Å². The van der Waals surface area contributed by atoms with Crippen molar-refractivity contribution in [3.05, 3.63) is 0 Å². The van der Waals surface area contributed by atoms with E-state index in [0.717, 1.165) is 6.42 Å². The monoisotopic (exact) mass is 351 g/mol. The Morgan fingerprint density at radius 1 is 0.864 bits per heavy atom. The molecule has 0 spiro atoms. The molecule has 5 nitrogen and oxygen atoms in total. The zero-order valence-electron chi connectivity index (χ0n) is 13.5. The second kappa shape index (κ2) is 7.62. The Bertz CT molecular complexity index is 542. The summed E-state index contributed by atoms with van der Waals surface area (Å²) in [7, 11) is -6.14. The van der Waals surface area contributed by atoms with Crippen molar-refractivity contribution in [2.24, 2.45) is 11.8 Å². The molecule has 1 heterocycles. The van der Waals surface area contributed by atoms with E-state index in [1.165, 1.54) is 38.4 Å². The lowest BCUT2D eigenvalue weighted by Crippen LogP contribution is -2.41. The molecule has 1 aliphatic heterocycles. The first-order chi connectivity index (χ1) is 10.3. The lowest BCUT2D eigenvalue weighted by molar-refractivity contribution is 0.286. The largest absolute Gasteiger partial charge is 0.229 e. The minimum absolute atomic E-state index is 0.111. The molecule has 0 atom stereocenters. The van der Waals surface area contributed by atoms with Crippen LogP contribution in [0.1, 0.15) is 51.4 Å². The van der Waals surface area contributed by atoms with Crippen molar-refractivity contribution < 1.29 is 16.8 Å². The van der Waals surface area contributed by atoms with Crippen molar-refractivity contribution in [1.29, 1.82) is 0 Å². The van der Waals surface area contributed by atoms with Gasteiger partial charge in [-0.25, -0.2) is 21.1 Å². The summed E-state index contributed by atoms with van der Waals surface area (Å²) in [5.41, 5.74) is 0. The number of nitrogens with zero attached hydrogens (tertiary/aromatic N) is 1. The first-order valence-corrected chi connectivity index (χ1v) is 12.1. The lowest BCUT2D eigenvalue weighted by atomic mass is 9.88. The maximum absolute atomic E-state index is 12.4. The van der Waals surface area contributed by atoms with Gasteiger partial charge in [-0.1, -0.05) is 32.1 Å². The van der Waals surface area contributed by atoms with Gasteiger partial charge in [0.25, 0.3) is 0 Å². The molecule has 0 amide bonds. The highest BCUT2D eigenvalue weighted by Crippen LogP contribution is 2.28. The van der Waals surface area contributed by atoms with E-state index in [9.17, 15) is 16.8 Å². The maximum Gasteiger partial charge on any atom is 0.214 e. The van der Waals surface area contributed by atoms with Crippen LogP contribution in [0.25, 0.3) is 0 Å². The SMILES string of the molecule is CS(=O)(=O)CC1CCN(S(=O)(=O)CCC2CCCCC2)CC1. The van der Waals surface area contributed by atoms with Gasteiger partial charge < -0.3 is 0 Å². The van der Waals surface area contributed by atoms with Crippen molar-refractivity contribution in [1.82, 2.24) is 4.31 Å². The van der Waals surface area contributed by atoms with Gasteiger partial charge in [-0.2, -0.15) is 0 Å². The number of sulfonamides is 1. The molecule has 0 N–H and O–H groups in total. The molecule has 0 unspecified atom stereocenters. The number of hydrogen-bond donors (Lipinski definition) is 0. The predicted molar refractivity (Wildman–Crippen MR) is 89.0 cm³/mol. The zero-order valence-corrected chi connectivity index (χ0v) is 15.2. The third-order valence-electron chi connectivity index (χ3n) is 5.01. The molecule has 130 valence electrons. The van der Waals surface area contributed by atoms with E-state index in [1.54, 1.807) is 4.31 Å². The molecular weight excluding hydrogens is 322 g/mol. The number of sulfone groups is 1. The molecule has 0 aromatic carbocycles. The second-order valence-electron chi connectivity index (χ2n) is 7.04. The number of piperidine rings is 1. The molecule has 7 heteroatoms. The Morgan fingerprint density at radius 2 is 1.45 bits per heavy atom. The molecule has 0 radical (unpaired) electrons. The van der Waals surface area contributed by atoms with Gasteiger partial charge in [-0.05, 0) is 31.1 Å². The van der Waals surface area contributed by atoms with Gasteiger partial charge in [0.2, 0.25) is 10.0 Å². The van der Waals surface area contributed by atoms with Gasteiger partial charge in [0.05, 0.1) is 11.5 Å². The normalized spacial score (nSPS) is 23.7. The van der Waals surface area contributed by atoms with E-state index in [0.29, 0.717) is 31.8 Å². The number of rotatable bonds is 6. The number of hydrogen-bond acceptors (Lipinski definition) is 4. The van der Waals surface area contributed by atoms with Crippen LogP contribution in [0.2, 0.25) is 0 Å². The average Bonchev–Trinajstić information content (AvgIpc) is 2.45. The Labute approximate surface area is 135 Å². The first kappa shape index (κ1) is 18.2. The van der Waals surface area contributed by atoms with E-state index in [2.05, 4.69) is 0 Å². The summed E-state index contributed by atoms with van der Waals surface area (Å²) in [6.45, 7) is 0.959. The van der Waals surface area contributed by atoms with Crippen LogP contribution in [0.15, 0.2) is 0 Å². The smallest absolute Gasteiger partial charge is 0.214 e. The van der Waals surface area contributed by atoms with Gasteiger partial charge in [0.15, 0.2) is 0 Å². The molecule has 2 fully saturated rings. The molecule has 0 bridgehead atoms. The molecule has 2 aliphatic rings. The second-order valence-corrected chi connectivity index (χ2v) is 11.3. The standard InChI is InChI=1S/C15H29NO4S2/c1-21(17,18)13-15-7-10-16(11-8-15)22(19,20)12-9-14-5-3-2-4-6-14/h14-15H,2-13H2,1H3. The molecule has 2 rings (SSSR count). The van der Waals surface area contributed by atoms with Crippen molar-refractivity contribution in [3.8, 4) is 0 Å². The van der Waals surface area contributed by atoms with Crippen molar-refractivity contribution in [2.75, 3.05) is 30.9 Å². The minimum atomic E-state index is -3.17. The summed E-state index contributed by atoms with van der Waals surface area (Å²) < 4.78 is 49.1. The van der Waals surface area contributed by atoms with Crippen LogP contribution in [-0.2, 0) is 19.9 Å². The van der Waals surface area contributed by atoms with Gasteiger partial charge in [-0.15, -0.1) is 0 Å². The van der Waals surface area contributed by atoms with Crippen LogP contribution in [0.3, 0.4) is 0 Å². The van der Waals surface area contributed by atoms with Gasteiger partial charge >= 0.3 is 0 Å². The summed E-state index contributed by atoms with van der Waals surface area (Å²) in [6, 6.07) is 0. The quantitative estimate of drug-likeness (QED) is 0.734. The van der Waals surface area contributed by atoms with Crippen molar-refractivity contribution >= 4 is 19.9 Å². The summed E-state index contributed by atoms with van der Waals surface area (Å²) in [6.07, 6.45) is 9.47. The van der Waals surface area contributed by atoms with Crippen molar-refractivity contribution in [3.63, 3.8) is 0 Å². The fraction of sp³-hybridized carbons (Fsp3) is 1.00. The van der Waals surface area contributed by atoms with Gasteiger partial charge in [0.1, 0.15) is 9.84 Å². The molecular formula is C15H29NO4S2. The predicted octanol–water partition coefficient (Wildman–Crippen LogP) is 2.04. The van der Waals surface area contributed by atoms with Gasteiger partial charge in [0, 0.05) is 19.3 Å². The highest BCUT2D eigenvalue weighted by atomic mass is 32.2. The van der Waals surface area contributed by atoms with Crippen LogP contribution in [0.5, 0.6) is 0 Å². The first-order valence-electron chi connectivity index (χ1n) is 8.42. The molecule has 1 aliphatic carbocycles. The lowest BCUT2D eigenvalue weighted by Gasteiger charge is -2.31. The van der Waals surface area contributed by atoms with E-state index >= 15 is 0 Å². The fourth-order valence-electron chi connectivity index (χ4n) is 3.70. The van der Waals surface area contributed by atoms with Crippen LogP contribution >= 0.6 is 0 Å². The zero-order chi connectivity index (χ0) is 16.2. The average molecular weight is 352 g/mol. The summed E-state index contributed by atoms with van der Waals surface area (Å²) in [4.78, 5) is 0. The Morgan fingerprint density at radius 3 is 2.00 bits per heavy atom. The van der Waals surface area contributed by atoms with Crippen LogP contribution in [-0.4, -0.2) is 52.0 Å². The molecule has 0 aromatic rings. The molecule has 0 aromatic heterocycles. The van der Waals surface area contributed by atoms with Crippen molar-refractivity contribution in [2.45, 2.75) is 51.4 Å². The molecule has 1 saturated carbocycles. The summed E-state index contributed by atoms with van der Waals surface area (Å²) in [5, 5.41) is 0.